The van der Waals surface area contributed by atoms with Gasteiger partial charge in [0.15, 0.2) is 5.96 Å². The topological polar surface area (TPSA) is 64.1 Å². The fourth-order valence-corrected chi connectivity index (χ4v) is 4.71. The smallest absolute Gasteiger partial charge is 0.236 e. The van der Waals surface area contributed by atoms with Crippen LogP contribution in [0, 0.1) is 0 Å². The molecule has 2 saturated heterocycles. The zero-order valence-electron chi connectivity index (χ0n) is 18.0. The Bertz CT molecular complexity index is 662. The first-order valence-electron chi connectivity index (χ1n) is 11.2. The van der Waals surface area contributed by atoms with Gasteiger partial charge in [-0.25, -0.2) is 4.98 Å². The molecule has 0 atom stereocenters. The second-order valence-electron chi connectivity index (χ2n) is 7.76. The third-order valence-corrected chi connectivity index (χ3v) is 6.81. The summed E-state index contributed by atoms with van der Waals surface area (Å²) in [5.41, 5.74) is 0. The normalized spacial score (nSPS) is 18.9. The Labute approximate surface area is 179 Å². The van der Waals surface area contributed by atoms with E-state index in [1.165, 1.54) is 16.3 Å². The molecule has 29 heavy (non-hydrogen) atoms. The van der Waals surface area contributed by atoms with E-state index in [2.05, 4.69) is 33.9 Å². The molecule has 0 saturated carbocycles. The molecule has 3 heterocycles. The van der Waals surface area contributed by atoms with Gasteiger partial charge in [-0.3, -0.25) is 14.7 Å². The van der Waals surface area contributed by atoms with Crippen molar-refractivity contribution in [1.82, 2.24) is 25.0 Å². The van der Waals surface area contributed by atoms with E-state index < -0.39 is 0 Å². The fourth-order valence-electron chi connectivity index (χ4n) is 3.86. The van der Waals surface area contributed by atoms with Gasteiger partial charge in [-0.15, -0.1) is 11.3 Å². The number of hydrogen-bond donors (Lipinski definition) is 1. The summed E-state index contributed by atoms with van der Waals surface area (Å²) < 4.78 is 0. The molecular formula is C21H36N6OS. The van der Waals surface area contributed by atoms with Gasteiger partial charge in [-0.2, -0.15) is 0 Å². The summed E-state index contributed by atoms with van der Waals surface area (Å²) in [5.74, 6) is 1.29. The molecule has 1 aromatic heterocycles. The number of piperidine rings is 1. The number of nitrogens with one attached hydrogen (secondary N) is 1. The van der Waals surface area contributed by atoms with E-state index in [9.17, 15) is 4.79 Å². The number of hydrogen-bond acceptors (Lipinski definition) is 5. The molecule has 0 spiro atoms. The summed E-state index contributed by atoms with van der Waals surface area (Å²) in [4.78, 5) is 29.8. The average molecular weight is 421 g/mol. The lowest BCUT2D eigenvalue weighted by Crippen LogP contribution is -2.54. The maximum Gasteiger partial charge on any atom is 0.236 e. The summed E-state index contributed by atoms with van der Waals surface area (Å²) in [7, 11) is 0. The first-order chi connectivity index (χ1) is 14.2. The standard InChI is InChI=1S/C21H36N6OS/c1-3-18-16-24-19(29-18)8-9-23-21(22-4-2)27-14-12-25(13-15-27)17-20(28)26-10-6-5-7-11-26/h16H,3-15,17H2,1-2H3,(H,22,23). The van der Waals surface area contributed by atoms with Crippen LogP contribution in [0.5, 0.6) is 0 Å². The number of guanidine groups is 1. The van der Waals surface area contributed by atoms with Gasteiger partial charge in [0.2, 0.25) is 5.91 Å². The van der Waals surface area contributed by atoms with Crippen molar-refractivity contribution in [3.8, 4) is 0 Å². The molecule has 0 aliphatic carbocycles. The SMILES string of the molecule is CCNC(=NCCc1ncc(CC)s1)N1CCN(CC(=O)N2CCCCC2)CC1. The highest BCUT2D eigenvalue weighted by Crippen LogP contribution is 2.14. The van der Waals surface area contributed by atoms with Gasteiger partial charge < -0.3 is 15.1 Å². The highest BCUT2D eigenvalue weighted by Gasteiger charge is 2.24. The number of piperazine rings is 1. The van der Waals surface area contributed by atoms with Crippen molar-refractivity contribution in [3.05, 3.63) is 16.1 Å². The van der Waals surface area contributed by atoms with Gasteiger partial charge in [0.1, 0.15) is 0 Å². The van der Waals surface area contributed by atoms with Crippen LogP contribution in [0.1, 0.15) is 43.0 Å². The number of aromatic nitrogens is 1. The van der Waals surface area contributed by atoms with Gasteiger partial charge in [-0.1, -0.05) is 6.92 Å². The zero-order chi connectivity index (χ0) is 20.5. The summed E-state index contributed by atoms with van der Waals surface area (Å²) >= 11 is 1.79. The van der Waals surface area contributed by atoms with Crippen molar-refractivity contribution in [2.45, 2.75) is 46.0 Å². The number of amides is 1. The number of aliphatic imine (C=N–C) groups is 1. The molecule has 8 heteroatoms. The van der Waals surface area contributed by atoms with Crippen LogP contribution >= 0.6 is 11.3 Å². The quantitative estimate of drug-likeness (QED) is 0.539. The number of thiazole rings is 1. The van der Waals surface area contributed by atoms with Crippen molar-refractivity contribution >= 4 is 23.2 Å². The van der Waals surface area contributed by atoms with E-state index in [1.54, 1.807) is 11.3 Å². The third-order valence-electron chi connectivity index (χ3n) is 5.61. The van der Waals surface area contributed by atoms with E-state index in [0.717, 1.165) is 84.0 Å². The molecule has 0 bridgehead atoms. The molecule has 0 radical (unpaired) electrons. The van der Waals surface area contributed by atoms with Crippen molar-refractivity contribution in [3.63, 3.8) is 0 Å². The summed E-state index contributed by atoms with van der Waals surface area (Å²) in [5, 5.41) is 4.60. The molecular weight excluding hydrogens is 384 g/mol. The molecule has 1 aromatic rings. The highest BCUT2D eigenvalue weighted by atomic mass is 32.1. The summed E-state index contributed by atoms with van der Waals surface area (Å²) in [6.07, 6.45) is 7.50. The van der Waals surface area contributed by atoms with Crippen LogP contribution in [0.2, 0.25) is 0 Å². The first kappa shape index (κ1) is 22.0. The van der Waals surface area contributed by atoms with Crippen molar-refractivity contribution in [2.75, 3.05) is 58.9 Å². The van der Waals surface area contributed by atoms with E-state index in [0.29, 0.717) is 12.5 Å². The number of carbonyl (C=O) groups excluding carboxylic acids is 1. The van der Waals surface area contributed by atoms with Crippen molar-refractivity contribution in [1.29, 1.82) is 0 Å². The average Bonchev–Trinajstić information content (AvgIpc) is 3.22. The molecule has 2 aliphatic heterocycles. The fraction of sp³-hybridized carbons (Fsp3) is 0.762. The molecule has 1 amide bonds. The van der Waals surface area contributed by atoms with Gasteiger partial charge in [0.25, 0.3) is 0 Å². The molecule has 3 rings (SSSR count). The Balaban J connectivity index is 1.45. The molecule has 2 aliphatic rings. The lowest BCUT2D eigenvalue weighted by atomic mass is 10.1. The lowest BCUT2D eigenvalue weighted by Gasteiger charge is -2.37. The van der Waals surface area contributed by atoms with Crippen LogP contribution in [-0.4, -0.2) is 90.5 Å². The van der Waals surface area contributed by atoms with E-state index in [1.807, 2.05) is 11.1 Å². The predicted octanol–water partition coefficient (Wildman–Crippen LogP) is 1.84. The molecule has 7 nitrogen and oxygen atoms in total. The highest BCUT2D eigenvalue weighted by molar-refractivity contribution is 7.11. The zero-order valence-corrected chi connectivity index (χ0v) is 18.8. The van der Waals surface area contributed by atoms with Crippen LogP contribution in [0.3, 0.4) is 0 Å². The van der Waals surface area contributed by atoms with Crippen LogP contribution in [0.25, 0.3) is 0 Å². The largest absolute Gasteiger partial charge is 0.357 e. The minimum Gasteiger partial charge on any atom is -0.357 e. The second-order valence-corrected chi connectivity index (χ2v) is 8.96. The Hall–Kier alpha value is -1.67. The Morgan fingerprint density at radius 3 is 2.52 bits per heavy atom. The third kappa shape index (κ3) is 6.67. The van der Waals surface area contributed by atoms with Gasteiger partial charge in [-0.05, 0) is 32.6 Å². The molecule has 2 fully saturated rings. The number of carbonyl (C=O) groups is 1. The minimum atomic E-state index is 0.300. The number of nitrogens with zero attached hydrogens (tertiary/aromatic N) is 5. The predicted molar refractivity (Wildman–Crippen MR) is 120 cm³/mol. The maximum absolute atomic E-state index is 12.5. The minimum absolute atomic E-state index is 0.300. The van der Waals surface area contributed by atoms with E-state index in [4.69, 9.17) is 4.99 Å². The Kier molecular flexibility index (Phi) is 8.73. The number of rotatable bonds is 7. The van der Waals surface area contributed by atoms with E-state index >= 15 is 0 Å². The van der Waals surface area contributed by atoms with E-state index in [-0.39, 0.29) is 0 Å². The van der Waals surface area contributed by atoms with Crippen molar-refractivity contribution in [2.24, 2.45) is 4.99 Å². The molecule has 1 N–H and O–H groups in total. The molecule has 0 unspecified atom stereocenters. The molecule has 0 aromatic carbocycles. The van der Waals surface area contributed by atoms with Crippen LogP contribution in [0.15, 0.2) is 11.2 Å². The van der Waals surface area contributed by atoms with Crippen LogP contribution in [0.4, 0.5) is 0 Å². The molecule has 162 valence electrons. The van der Waals surface area contributed by atoms with Gasteiger partial charge in [0, 0.05) is 69.9 Å². The maximum atomic E-state index is 12.5. The lowest BCUT2D eigenvalue weighted by molar-refractivity contribution is -0.133. The summed E-state index contributed by atoms with van der Waals surface area (Å²) in [6.45, 7) is 12.0. The first-order valence-corrected chi connectivity index (χ1v) is 12.0. The van der Waals surface area contributed by atoms with Gasteiger partial charge >= 0.3 is 0 Å². The van der Waals surface area contributed by atoms with Crippen LogP contribution < -0.4 is 5.32 Å². The van der Waals surface area contributed by atoms with Crippen molar-refractivity contribution < 1.29 is 4.79 Å². The Morgan fingerprint density at radius 1 is 1.10 bits per heavy atom. The summed E-state index contributed by atoms with van der Waals surface area (Å²) in [6, 6.07) is 0. The van der Waals surface area contributed by atoms with Gasteiger partial charge in [0.05, 0.1) is 11.6 Å². The Morgan fingerprint density at radius 2 is 1.86 bits per heavy atom. The monoisotopic (exact) mass is 420 g/mol. The van der Waals surface area contributed by atoms with Crippen LogP contribution in [-0.2, 0) is 17.6 Å². The number of aryl methyl sites for hydroxylation is 1. The second kappa shape index (κ2) is 11.5. The number of likely N-dealkylation sites (tertiary alicyclic amines) is 1.